The van der Waals surface area contributed by atoms with E-state index in [9.17, 15) is 4.79 Å². The lowest BCUT2D eigenvalue weighted by Crippen LogP contribution is -2.09. The monoisotopic (exact) mass is 310 g/mol. The number of benzene rings is 1. The van der Waals surface area contributed by atoms with E-state index in [4.69, 9.17) is 4.74 Å². The first-order chi connectivity index (χ1) is 8.15. The minimum absolute atomic E-state index is 0.00204. The Morgan fingerprint density at radius 2 is 2.18 bits per heavy atom. The highest BCUT2D eigenvalue weighted by Gasteiger charge is 2.09. The Balaban J connectivity index is 1.97. The van der Waals surface area contributed by atoms with Crippen molar-refractivity contribution in [1.82, 2.24) is 0 Å². The second-order valence-electron chi connectivity index (χ2n) is 3.63. The van der Waals surface area contributed by atoms with Gasteiger partial charge >= 0.3 is 0 Å². The van der Waals surface area contributed by atoms with Gasteiger partial charge in [-0.3, -0.25) is 4.79 Å². The zero-order chi connectivity index (χ0) is 12.3. The van der Waals surface area contributed by atoms with Crippen molar-refractivity contribution in [1.29, 1.82) is 0 Å². The van der Waals surface area contributed by atoms with Gasteiger partial charge in [0.25, 0.3) is 0 Å². The Kier molecular flexibility index (Phi) is 3.97. The molecule has 0 aliphatic carbocycles. The summed E-state index contributed by atoms with van der Waals surface area (Å²) < 4.78 is 6.41. The number of rotatable bonds is 4. The number of Topliss-reactive ketones (excluding diaryl/α,β-unsaturated/α-hetero) is 1. The van der Waals surface area contributed by atoms with Crippen molar-refractivity contribution >= 4 is 33.0 Å². The van der Waals surface area contributed by atoms with Gasteiger partial charge in [0.05, 0.1) is 8.66 Å². The van der Waals surface area contributed by atoms with Gasteiger partial charge in [-0.1, -0.05) is 12.1 Å². The van der Waals surface area contributed by atoms with Crippen molar-refractivity contribution in [3.05, 3.63) is 50.6 Å². The maximum atomic E-state index is 11.8. The number of hydrogen-bond acceptors (Lipinski definition) is 3. The van der Waals surface area contributed by atoms with Crippen LogP contribution < -0.4 is 4.74 Å². The molecule has 0 aliphatic heterocycles. The molecule has 2 nitrogen and oxygen atoms in total. The Morgan fingerprint density at radius 1 is 1.35 bits per heavy atom. The lowest BCUT2D eigenvalue weighted by atomic mass is 10.2. The van der Waals surface area contributed by atoms with E-state index in [0.29, 0.717) is 4.88 Å². The van der Waals surface area contributed by atoms with Crippen LogP contribution in [-0.4, -0.2) is 12.4 Å². The molecule has 0 N–H and O–H groups in total. The van der Waals surface area contributed by atoms with Crippen molar-refractivity contribution in [2.24, 2.45) is 0 Å². The van der Waals surface area contributed by atoms with Crippen molar-refractivity contribution in [2.75, 3.05) is 6.61 Å². The van der Waals surface area contributed by atoms with Gasteiger partial charge in [0, 0.05) is 0 Å². The van der Waals surface area contributed by atoms with E-state index in [1.54, 1.807) is 6.07 Å². The van der Waals surface area contributed by atoms with Gasteiger partial charge in [0.1, 0.15) is 5.75 Å². The molecule has 88 valence electrons. The van der Waals surface area contributed by atoms with Crippen molar-refractivity contribution in [3.8, 4) is 5.75 Å². The smallest absolute Gasteiger partial charge is 0.210 e. The summed E-state index contributed by atoms with van der Waals surface area (Å²) in [5.41, 5.74) is 1.12. The molecule has 0 saturated heterocycles. The van der Waals surface area contributed by atoms with E-state index in [1.807, 2.05) is 37.3 Å². The van der Waals surface area contributed by atoms with E-state index in [0.717, 1.165) is 15.1 Å². The van der Waals surface area contributed by atoms with E-state index >= 15 is 0 Å². The average Bonchev–Trinajstić information content (AvgIpc) is 2.73. The summed E-state index contributed by atoms with van der Waals surface area (Å²) in [6.07, 6.45) is 0. The zero-order valence-corrected chi connectivity index (χ0v) is 11.7. The molecule has 2 aromatic rings. The molecule has 0 unspecified atom stereocenters. The summed E-state index contributed by atoms with van der Waals surface area (Å²) in [5, 5.41) is 0. The molecule has 0 radical (unpaired) electrons. The van der Waals surface area contributed by atoms with Gasteiger partial charge in [0.2, 0.25) is 5.78 Å². The minimum Gasteiger partial charge on any atom is -0.485 e. The SMILES string of the molecule is Cc1cccc(OCC(=O)c2ccc(Br)s2)c1. The van der Waals surface area contributed by atoms with Gasteiger partial charge in [-0.25, -0.2) is 0 Å². The lowest BCUT2D eigenvalue weighted by molar-refractivity contribution is 0.0925. The summed E-state index contributed by atoms with van der Waals surface area (Å²) >= 11 is 4.75. The number of carbonyl (C=O) groups excluding carboxylic acids is 1. The van der Waals surface area contributed by atoms with Crippen LogP contribution in [0.15, 0.2) is 40.2 Å². The fourth-order valence-corrected chi connectivity index (χ4v) is 2.70. The number of halogens is 1. The fraction of sp³-hybridized carbons (Fsp3) is 0.154. The highest BCUT2D eigenvalue weighted by Crippen LogP contribution is 2.22. The number of carbonyl (C=O) groups is 1. The Morgan fingerprint density at radius 3 is 2.82 bits per heavy atom. The molecule has 0 spiro atoms. The molecule has 1 aromatic heterocycles. The first-order valence-electron chi connectivity index (χ1n) is 5.13. The van der Waals surface area contributed by atoms with E-state index in [2.05, 4.69) is 15.9 Å². The standard InChI is InChI=1S/C13H11BrO2S/c1-9-3-2-4-10(7-9)16-8-11(15)12-5-6-13(14)17-12/h2-7H,8H2,1H3. The largest absolute Gasteiger partial charge is 0.485 e. The zero-order valence-electron chi connectivity index (χ0n) is 9.27. The van der Waals surface area contributed by atoms with Gasteiger partial charge in [-0.05, 0) is 52.7 Å². The predicted molar refractivity (Wildman–Crippen MR) is 73.0 cm³/mol. The fourth-order valence-electron chi connectivity index (χ4n) is 1.39. The summed E-state index contributed by atoms with van der Waals surface area (Å²) in [7, 11) is 0. The Labute approximate surface area is 112 Å². The molecule has 0 aliphatic rings. The molecule has 4 heteroatoms. The molecule has 1 aromatic carbocycles. The summed E-state index contributed by atoms with van der Waals surface area (Å²) in [6, 6.07) is 11.3. The van der Waals surface area contributed by atoms with E-state index in [-0.39, 0.29) is 12.4 Å². The maximum Gasteiger partial charge on any atom is 0.210 e. The first-order valence-corrected chi connectivity index (χ1v) is 6.74. The Hall–Kier alpha value is -1.13. The number of aryl methyl sites for hydroxylation is 1. The lowest BCUT2D eigenvalue weighted by Gasteiger charge is -2.04. The van der Waals surface area contributed by atoms with Crippen LogP contribution in [0.2, 0.25) is 0 Å². The number of ether oxygens (including phenoxy) is 1. The average molecular weight is 311 g/mol. The quantitative estimate of drug-likeness (QED) is 0.795. The van der Waals surface area contributed by atoms with Crippen LogP contribution in [-0.2, 0) is 0 Å². The molecule has 0 amide bonds. The molecule has 0 fully saturated rings. The number of hydrogen-bond donors (Lipinski definition) is 0. The molecule has 0 atom stereocenters. The van der Waals surface area contributed by atoms with Gasteiger partial charge in [0.15, 0.2) is 6.61 Å². The normalized spacial score (nSPS) is 10.2. The van der Waals surface area contributed by atoms with Crippen molar-refractivity contribution in [2.45, 2.75) is 6.92 Å². The van der Waals surface area contributed by atoms with Crippen LogP contribution in [0.4, 0.5) is 0 Å². The van der Waals surface area contributed by atoms with Gasteiger partial charge in [-0.2, -0.15) is 0 Å². The second kappa shape index (κ2) is 5.47. The van der Waals surface area contributed by atoms with Gasteiger partial charge < -0.3 is 4.74 Å². The second-order valence-corrected chi connectivity index (χ2v) is 6.10. The summed E-state index contributed by atoms with van der Waals surface area (Å²) in [6.45, 7) is 2.07. The minimum atomic E-state index is 0.00204. The van der Waals surface area contributed by atoms with Crippen LogP contribution >= 0.6 is 27.3 Å². The van der Waals surface area contributed by atoms with Crippen LogP contribution in [0.3, 0.4) is 0 Å². The molecule has 0 bridgehead atoms. The van der Waals surface area contributed by atoms with Crippen molar-refractivity contribution < 1.29 is 9.53 Å². The topological polar surface area (TPSA) is 26.3 Å². The number of ketones is 1. The van der Waals surface area contributed by atoms with E-state index in [1.165, 1.54) is 11.3 Å². The number of thiophene rings is 1. The molecule has 17 heavy (non-hydrogen) atoms. The third-order valence-electron chi connectivity index (χ3n) is 2.21. The maximum absolute atomic E-state index is 11.8. The highest BCUT2D eigenvalue weighted by molar-refractivity contribution is 9.11. The molecule has 2 rings (SSSR count). The molecular weight excluding hydrogens is 300 g/mol. The van der Waals surface area contributed by atoms with E-state index < -0.39 is 0 Å². The van der Waals surface area contributed by atoms with Gasteiger partial charge in [-0.15, -0.1) is 11.3 Å². The van der Waals surface area contributed by atoms with Crippen LogP contribution in [0, 0.1) is 6.92 Å². The predicted octanol–water partition coefficient (Wildman–Crippen LogP) is 4.08. The summed E-state index contributed by atoms with van der Waals surface area (Å²) in [4.78, 5) is 12.5. The van der Waals surface area contributed by atoms with Crippen molar-refractivity contribution in [3.63, 3.8) is 0 Å². The Bertz CT molecular complexity index is 534. The molecule has 0 saturated carbocycles. The molecule has 1 heterocycles. The molecular formula is C13H11BrO2S. The van der Waals surface area contributed by atoms with Crippen LogP contribution in [0.5, 0.6) is 5.75 Å². The van der Waals surface area contributed by atoms with Crippen LogP contribution in [0.25, 0.3) is 0 Å². The van der Waals surface area contributed by atoms with Crippen LogP contribution in [0.1, 0.15) is 15.2 Å². The summed E-state index contributed by atoms with van der Waals surface area (Å²) in [5.74, 6) is 0.733. The first kappa shape index (κ1) is 12.3. The third-order valence-corrected chi connectivity index (χ3v) is 3.87. The third kappa shape index (κ3) is 3.41. The highest BCUT2D eigenvalue weighted by atomic mass is 79.9.